The van der Waals surface area contributed by atoms with E-state index in [4.69, 9.17) is 4.74 Å². The molecule has 0 aromatic heterocycles. The summed E-state index contributed by atoms with van der Waals surface area (Å²) in [7, 11) is 0. The first-order valence-electron chi connectivity index (χ1n) is 11.6. The second kappa shape index (κ2) is 10.9. The molecule has 0 bridgehead atoms. The van der Waals surface area contributed by atoms with Crippen LogP contribution in [0.5, 0.6) is 11.5 Å². The Morgan fingerprint density at radius 2 is 1.57 bits per heavy atom. The maximum atomic E-state index is 10.1. The fourth-order valence-corrected chi connectivity index (χ4v) is 4.11. The van der Waals surface area contributed by atoms with Crippen molar-refractivity contribution in [2.45, 2.75) is 105 Å². The van der Waals surface area contributed by atoms with Crippen molar-refractivity contribution in [3.05, 3.63) is 57.7 Å². The first-order chi connectivity index (χ1) is 14.1. The normalized spacial score (nSPS) is 19.3. The summed E-state index contributed by atoms with van der Waals surface area (Å²) in [5, 5.41) is 10.1. The Hall–Kier alpha value is -1.96. The molecule has 2 rings (SSSR count). The smallest absolute Gasteiger partial charge is 0.126 e. The van der Waals surface area contributed by atoms with Gasteiger partial charge in [-0.15, -0.1) is 0 Å². The summed E-state index contributed by atoms with van der Waals surface area (Å²) in [5.41, 5.74) is 7.40. The van der Waals surface area contributed by atoms with E-state index in [1.807, 2.05) is 13.0 Å². The number of hydrogen-bond acceptors (Lipinski definition) is 2. The lowest BCUT2D eigenvalue weighted by Gasteiger charge is -2.37. The minimum Gasteiger partial charge on any atom is -0.508 e. The number of fused-ring (bicyclic) bond motifs is 1. The van der Waals surface area contributed by atoms with Crippen molar-refractivity contribution in [2.75, 3.05) is 0 Å². The van der Waals surface area contributed by atoms with Gasteiger partial charge in [-0.1, -0.05) is 34.9 Å². The Morgan fingerprint density at radius 3 is 2.20 bits per heavy atom. The summed E-state index contributed by atoms with van der Waals surface area (Å²) < 4.78 is 6.48. The molecule has 166 valence electrons. The van der Waals surface area contributed by atoms with Gasteiger partial charge in [0.2, 0.25) is 0 Å². The van der Waals surface area contributed by atoms with Gasteiger partial charge >= 0.3 is 0 Å². The van der Waals surface area contributed by atoms with E-state index in [9.17, 15) is 5.11 Å². The highest BCUT2D eigenvalue weighted by atomic mass is 16.5. The average Bonchev–Trinajstić information content (AvgIpc) is 2.67. The number of aromatic hydroxyl groups is 1. The van der Waals surface area contributed by atoms with Gasteiger partial charge in [-0.2, -0.15) is 0 Å². The zero-order valence-corrected chi connectivity index (χ0v) is 20.3. The van der Waals surface area contributed by atoms with Crippen LogP contribution in [0.25, 0.3) is 0 Å². The molecule has 1 heterocycles. The molecule has 30 heavy (non-hydrogen) atoms. The number of phenols is 1. The van der Waals surface area contributed by atoms with Gasteiger partial charge in [0.05, 0.1) is 0 Å². The fraction of sp³-hybridized carbons (Fsp3) is 0.571. The lowest BCUT2D eigenvalue weighted by molar-refractivity contribution is 0.0560. The van der Waals surface area contributed by atoms with Gasteiger partial charge < -0.3 is 9.84 Å². The highest BCUT2D eigenvalue weighted by Gasteiger charge is 2.32. The highest BCUT2D eigenvalue weighted by Crippen LogP contribution is 2.41. The molecule has 0 fully saturated rings. The van der Waals surface area contributed by atoms with Crippen molar-refractivity contribution in [3.8, 4) is 11.5 Å². The molecule has 0 saturated carbocycles. The maximum absolute atomic E-state index is 10.1. The Balaban J connectivity index is 1.83. The van der Waals surface area contributed by atoms with Gasteiger partial charge in [-0.3, -0.25) is 0 Å². The van der Waals surface area contributed by atoms with Crippen molar-refractivity contribution >= 4 is 0 Å². The number of allylic oxidation sites excluding steroid dienone is 6. The van der Waals surface area contributed by atoms with Crippen LogP contribution in [-0.4, -0.2) is 10.7 Å². The predicted molar refractivity (Wildman–Crippen MR) is 130 cm³/mol. The largest absolute Gasteiger partial charge is 0.508 e. The Bertz CT molecular complexity index is 822. The molecular weight excluding hydrogens is 368 g/mol. The molecule has 0 aliphatic carbocycles. The van der Waals surface area contributed by atoms with Crippen LogP contribution < -0.4 is 4.74 Å². The third-order valence-electron chi connectivity index (χ3n) is 6.45. The van der Waals surface area contributed by atoms with Gasteiger partial charge in [0, 0.05) is 0 Å². The molecule has 1 aliphatic rings. The molecule has 0 saturated heterocycles. The van der Waals surface area contributed by atoms with E-state index < -0.39 is 0 Å². The summed E-state index contributed by atoms with van der Waals surface area (Å²) >= 11 is 0. The van der Waals surface area contributed by atoms with Gasteiger partial charge in [0.1, 0.15) is 17.1 Å². The van der Waals surface area contributed by atoms with Crippen molar-refractivity contribution in [3.63, 3.8) is 0 Å². The molecular formula is C28H42O2. The van der Waals surface area contributed by atoms with Gasteiger partial charge in [0.25, 0.3) is 0 Å². The van der Waals surface area contributed by atoms with E-state index in [1.54, 1.807) is 0 Å². The van der Waals surface area contributed by atoms with E-state index in [0.717, 1.165) is 67.4 Å². The average molecular weight is 411 g/mol. The summed E-state index contributed by atoms with van der Waals surface area (Å²) in [6.07, 6.45) is 15.8. The zero-order valence-electron chi connectivity index (χ0n) is 20.3. The summed E-state index contributed by atoms with van der Waals surface area (Å²) in [6.45, 7) is 15.1. The monoisotopic (exact) mass is 410 g/mol. The second-order valence-electron chi connectivity index (χ2n) is 9.68. The van der Waals surface area contributed by atoms with Crippen LogP contribution in [0.4, 0.5) is 0 Å². The Morgan fingerprint density at radius 1 is 0.967 bits per heavy atom. The van der Waals surface area contributed by atoms with Crippen molar-refractivity contribution < 1.29 is 9.84 Å². The van der Waals surface area contributed by atoms with E-state index >= 15 is 0 Å². The predicted octanol–water partition coefficient (Wildman–Crippen LogP) is 8.29. The van der Waals surface area contributed by atoms with Crippen molar-refractivity contribution in [2.24, 2.45) is 0 Å². The zero-order chi connectivity index (χ0) is 22.3. The number of hydrogen-bond donors (Lipinski definition) is 1. The standard InChI is InChI=1S/C28H42O2/c1-20(2)11-8-12-21(3)13-9-14-22(4)15-10-17-28(7)18-16-25-19-26(29)23(5)24(6)27(25)30-28/h11,13,15,19,29H,8-10,12,14,16-18H2,1-7H3/t28-/m1/s1. The van der Waals surface area contributed by atoms with E-state index in [1.165, 1.54) is 23.1 Å². The van der Waals surface area contributed by atoms with Crippen LogP contribution in [-0.2, 0) is 6.42 Å². The van der Waals surface area contributed by atoms with Crippen LogP contribution in [0.3, 0.4) is 0 Å². The van der Waals surface area contributed by atoms with Gasteiger partial charge in [0.15, 0.2) is 0 Å². The number of rotatable bonds is 9. The van der Waals surface area contributed by atoms with E-state index in [0.29, 0.717) is 5.75 Å². The number of benzene rings is 1. The molecule has 0 amide bonds. The lowest BCUT2D eigenvalue weighted by Crippen LogP contribution is -2.36. The molecule has 1 N–H and O–H groups in total. The second-order valence-corrected chi connectivity index (χ2v) is 9.68. The molecule has 1 aromatic rings. The third kappa shape index (κ3) is 7.07. The van der Waals surface area contributed by atoms with Crippen LogP contribution in [0, 0.1) is 13.8 Å². The third-order valence-corrected chi connectivity index (χ3v) is 6.45. The van der Waals surface area contributed by atoms with Gasteiger partial charge in [-0.25, -0.2) is 0 Å². The van der Waals surface area contributed by atoms with E-state index in [-0.39, 0.29) is 5.60 Å². The lowest BCUT2D eigenvalue weighted by atomic mass is 9.87. The molecule has 2 nitrogen and oxygen atoms in total. The Labute approximate surface area is 184 Å². The van der Waals surface area contributed by atoms with Crippen molar-refractivity contribution in [1.82, 2.24) is 0 Å². The first kappa shape index (κ1) is 24.3. The van der Waals surface area contributed by atoms with Gasteiger partial charge in [-0.05, 0) is 123 Å². The molecule has 0 spiro atoms. The molecule has 2 heteroatoms. The SMILES string of the molecule is CC(C)=CCCC(C)=CCCC(C)=CCC[C@]1(C)CCc2cc(O)c(C)c(C)c2O1. The molecule has 1 atom stereocenters. The molecule has 1 aromatic carbocycles. The van der Waals surface area contributed by atoms with Crippen molar-refractivity contribution in [1.29, 1.82) is 0 Å². The number of phenolic OH excluding ortho intramolecular Hbond substituents is 1. The quantitative estimate of drug-likeness (QED) is 0.415. The van der Waals surface area contributed by atoms with Crippen LogP contribution >= 0.6 is 0 Å². The van der Waals surface area contributed by atoms with Crippen LogP contribution in [0.1, 0.15) is 96.3 Å². The molecule has 1 aliphatic heterocycles. The molecule has 0 unspecified atom stereocenters. The summed E-state index contributed by atoms with van der Waals surface area (Å²) in [4.78, 5) is 0. The first-order valence-corrected chi connectivity index (χ1v) is 11.6. The minimum absolute atomic E-state index is 0.126. The molecule has 0 radical (unpaired) electrons. The van der Waals surface area contributed by atoms with E-state index in [2.05, 4.69) is 59.8 Å². The number of aryl methyl sites for hydroxylation is 1. The highest BCUT2D eigenvalue weighted by molar-refractivity contribution is 5.53. The number of ether oxygens (including phenoxy) is 1. The maximum Gasteiger partial charge on any atom is 0.126 e. The Kier molecular flexibility index (Phi) is 8.82. The summed E-state index contributed by atoms with van der Waals surface area (Å²) in [6, 6.07) is 1.89. The topological polar surface area (TPSA) is 29.5 Å². The van der Waals surface area contributed by atoms with Crippen LogP contribution in [0.15, 0.2) is 41.0 Å². The fourth-order valence-electron chi connectivity index (χ4n) is 4.11. The van der Waals surface area contributed by atoms with Crippen LogP contribution in [0.2, 0.25) is 0 Å². The summed E-state index contributed by atoms with van der Waals surface area (Å²) in [5.74, 6) is 1.38. The minimum atomic E-state index is -0.126.